The van der Waals surface area contributed by atoms with Gasteiger partial charge in [-0.3, -0.25) is 18.9 Å². The minimum atomic E-state index is -0.329. The third-order valence-electron chi connectivity index (χ3n) is 6.81. The molecule has 0 atom stereocenters. The van der Waals surface area contributed by atoms with Gasteiger partial charge in [0.05, 0.1) is 34.5 Å². The van der Waals surface area contributed by atoms with Gasteiger partial charge in [-0.05, 0) is 18.2 Å². The first-order valence-electron chi connectivity index (χ1n) is 12.1. The minimum absolute atomic E-state index is 0.199. The highest BCUT2D eigenvalue weighted by Crippen LogP contribution is 2.33. The van der Waals surface area contributed by atoms with Gasteiger partial charge in [-0.1, -0.05) is 12.1 Å². The molecule has 2 fully saturated rings. The predicted octanol–water partition coefficient (Wildman–Crippen LogP) is 1.53. The Labute approximate surface area is 206 Å². The summed E-state index contributed by atoms with van der Waals surface area (Å²) in [7, 11) is 0. The van der Waals surface area contributed by atoms with Gasteiger partial charge in [-0.2, -0.15) is 0 Å². The van der Waals surface area contributed by atoms with E-state index in [0.717, 1.165) is 61.7 Å². The van der Waals surface area contributed by atoms with Crippen molar-refractivity contribution in [3.8, 4) is 0 Å². The number of benzene rings is 1. The smallest absolute Gasteiger partial charge is 0.258 e. The third-order valence-corrected chi connectivity index (χ3v) is 7.95. The third kappa shape index (κ3) is 4.06. The topological polar surface area (TPSA) is 91.2 Å². The summed E-state index contributed by atoms with van der Waals surface area (Å²) in [5.41, 5.74) is 2.34. The Morgan fingerprint density at radius 2 is 1.91 bits per heavy atom. The highest BCUT2D eigenvalue weighted by Gasteiger charge is 2.26. The summed E-state index contributed by atoms with van der Waals surface area (Å²) >= 11 is 1.46. The van der Waals surface area contributed by atoms with E-state index in [0.29, 0.717) is 35.6 Å². The van der Waals surface area contributed by atoms with Gasteiger partial charge in [0.25, 0.3) is 5.91 Å². The van der Waals surface area contributed by atoms with Crippen LogP contribution in [0.3, 0.4) is 0 Å². The number of hydrogen-bond donors (Lipinski definition) is 2. The number of hydrogen-bond acceptors (Lipinski definition) is 8. The SMILES string of the molecule is O=C(NCCN1CCOCC1)c1c(=O)c2c(N3CCNCC3)ccnc2n2c1sc1ccccc12. The summed E-state index contributed by atoms with van der Waals surface area (Å²) in [6.45, 7) is 7.64. The van der Waals surface area contributed by atoms with Crippen molar-refractivity contribution >= 4 is 49.0 Å². The molecule has 0 unspecified atom stereocenters. The van der Waals surface area contributed by atoms with Crippen LogP contribution >= 0.6 is 11.3 Å². The maximum atomic E-state index is 14.0. The van der Waals surface area contributed by atoms with Crippen molar-refractivity contribution in [2.75, 3.05) is 70.5 Å². The largest absolute Gasteiger partial charge is 0.379 e. The first-order valence-corrected chi connectivity index (χ1v) is 12.9. The van der Waals surface area contributed by atoms with Crippen molar-refractivity contribution in [1.82, 2.24) is 24.9 Å². The van der Waals surface area contributed by atoms with E-state index in [-0.39, 0.29) is 16.9 Å². The summed E-state index contributed by atoms with van der Waals surface area (Å²) in [5, 5.41) is 6.89. The van der Waals surface area contributed by atoms with E-state index >= 15 is 0 Å². The molecular weight excluding hydrogens is 464 g/mol. The van der Waals surface area contributed by atoms with Crippen LogP contribution in [0.15, 0.2) is 41.3 Å². The highest BCUT2D eigenvalue weighted by atomic mass is 32.1. The van der Waals surface area contributed by atoms with E-state index in [1.54, 1.807) is 6.20 Å². The number of rotatable bonds is 5. The first kappa shape index (κ1) is 22.4. The summed E-state index contributed by atoms with van der Waals surface area (Å²) in [4.78, 5) is 37.3. The lowest BCUT2D eigenvalue weighted by atomic mass is 10.1. The van der Waals surface area contributed by atoms with Gasteiger partial charge < -0.3 is 20.3 Å². The molecular formula is C25H28N6O3S. The van der Waals surface area contributed by atoms with E-state index in [9.17, 15) is 9.59 Å². The average Bonchev–Trinajstić information content (AvgIpc) is 3.29. The van der Waals surface area contributed by atoms with Gasteiger partial charge in [0.15, 0.2) is 5.65 Å². The van der Waals surface area contributed by atoms with Crippen molar-refractivity contribution < 1.29 is 9.53 Å². The van der Waals surface area contributed by atoms with Gasteiger partial charge in [0.2, 0.25) is 5.43 Å². The number of fused-ring (bicyclic) bond motifs is 5. The molecule has 4 aromatic rings. The number of pyridine rings is 2. The van der Waals surface area contributed by atoms with Gasteiger partial charge >= 0.3 is 0 Å². The molecule has 9 nitrogen and oxygen atoms in total. The van der Waals surface area contributed by atoms with E-state index in [1.165, 1.54) is 11.3 Å². The van der Waals surface area contributed by atoms with Crippen molar-refractivity contribution in [1.29, 1.82) is 0 Å². The van der Waals surface area contributed by atoms with Gasteiger partial charge in [-0.25, -0.2) is 4.98 Å². The summed E-state index contributed by atoms with van der Waals surface area (Å²) in [6, 6.07) is 9.88. The first-order chi connectivity index (χ1) is 17.2. The zero-order valence-electron chi connectivity index (χ0n) is 19.5. The molecule has 0 bridgehead atoms. The van der Waals surface area contributed by atoms with Crippen LogP contribution in [-0.4, -0.2) is 85.8 Å². The molecule has 2 aliphatic rings. The molecule has 0 aliphatic carbocycles. The van der Waals surface area contributed by atoms with Crippen molar-refractivity contribution in [2.24, 2.45) is 0 Å². The van der Waals surface area contributed by atoms with Crippen LogP contribution in [0.5, 0.6) is 0 Å². The zero-order valence-corrected chi connectivity index (χ0v) is 20.3. The van der Waals surface area contributed by atoms with Crippen LogP contribution in [0.2, 0.25) is 0 Å². The number of nitrogens with one attached hydrogen (secondary N) is 2. The fourth-order valence-corrected chi connectivity index (χ4v) is 6.20. The number of thiazole rings is 1. The maximum Gasteiger partial charge on any atom is 0.258 e. The molecule has 0 spiro atoms. The van der Waals surface area contributed by atoms with Gasteiger partial charge in [-0.15, -0.1) is 11.3 Å². The Hall–Kier alpha value is -3.05. The lowest BCUT2D eigenvalue weighted by Crippen LogP contribution is -2.44. The van der Waals surface area contributed by atoms with Crippen molar-refractivity contribution in [3.63, 3.8) is 0 Å². The fraction of sp³-hybridized carbons (Fsp3) is 0.400. The standard InChI is InChI=1S/C25H28N6O3S/c32-22-20-18(30-11-7-26-8-12-30)5-6-27-23(20)31-17-3-1-2-4-19(17)35-25(31)21(22)24(33)28-9-10-29-13-15-34-16-14-29/h1-6,26H,7-16H2,(H,28,33). The second-order valence-corrected chi connectivity index (χ2v) is 9.92. The molecule has 0 saturated carbocycles. The molecule has 10 heteroatoms. The number of nitrogens with zero attached hydrogens (tertiary/aromatic N) is 4. The molecule has 35 heavy (non-hydrogen) atoms. The van der Waals surface area contributed by atoms with E-state index in [4.69, 9.17) is 4.74 Å². The number of aromatic nitrogens is 2. The molecule has 2 saturated heterocycles. The Bertz CT molecular complexity index is 1450. The Kier molecular flexibility index (Phi) is 6.11. The molecule has 3 aromatic heterocycles. The van der Waals surface area contributed by atoms with Crippen LogP contribution in [0, 0.1) is 0 Å². The zero-order chi connectivity index (χ0) is 23.8. The second kappa shape index (κ2) is 9.54. The number of carbonyl (C=O) groups excluding carboxylic acids is 1. The molecule has 182 valence electrons. The summed E-state index contributed by atoms with van der Waals surface area (Å²) in [6.07, 6.45) is 1.76. The number of anilines is 1. The number of carbonyl (C=O) groups is 1. The number of amides is 1. The van der Waals surface area contributed by atoms with E-state index in [1.807, 2.05) is 34.7 Å². The fourth-order valence-electron chi connectivity index (χ4n) is 5.02. The Balaban J connectivity index is 1.48. The average molecular weight is 493 g/mol. The van der Waals surface area contributed by atoms with Crippen LogP contribution in [-0.2, 0) is 4.74 Å². The van der Waals surface area contributed by atoms with E-state index in [2.05, 4.69) is 25.4 Å². The van der Waals surface area contributed by atoms with Crippen molar-refractivity contribution in [2.45, 2.75) is 0 Å². The van der Waals surface area contributed by atoms with Crippen LogP contribution in [0.25, 0.3) is 26.1 Å². The van der Waals surface area contributed by atoms with Crippen LogP contribution in [0.1, 0.15) is 10.4 Å². The Morgan fingerprint density at radius 3 is 2.74 bits per heavy atom. The van der Waals surface area contributed by atoms with Crippen molar-refractivity contribution in [3.05, 3.63) is 52.3 Å². The van der Waals surface area contributed by atoms with Crippen LogP contribution < -0.4 is 21.0 Å². The summed E-state index contributed by atoms with van der Waals surface area (Å²) in [5.74, 6) is -0.329. The monoisotopic (exact) mass is 492 g/mol. The number of ether oxygens (including phenoxy) is 1. The van der Waals surface area contributed by atoms with Crippen LogP contribution in [0.4, 0.5) is 5.69 Å². The lowest BCUT2D eigenvalue weighted by molar-refractivity contribution is 0.0383. The number of para-hydroxylation sites is 1. The molecule has 6 rings (SSSR count). The molecule has 0 radical (unpaired) electrons. The van der Waals surface area contributed by atoms with Gasteiger partial charge in [0.1, 0.15) is 10.4 Å². The highest BCUT2D eigenvalue weighted by molar-refractivity contribution is 7.24. The molecule has 1 aromatic carbocycles. The quantitative estimate of drug-likeness (QED) is 0.437. The molecule has 1 amide bonds. The lowest BCUT2D eigenvalue weighted by Gasteiger charge is -2.30. The number of morpholine rings is 1. The molecule has 2 N–H and O–H groups in total. The van der Waals surface area contributed by atoms with E-state index < -0.39 is 0 Å². The maximum absolute atomic E-state index is 14.0. The molecule has 5 heterocycles. The predicted molar refractivity (Wildman–Crippen MR) is 139 cm³/mol. The number of piperazine rings is 1. The normalized spacial score (nSPS) is 17.4. The minimum Gasteiger partial charge on any atom is -0.379 e. The summed E-state index contributed by atoms with van der Waals surface area (Å²) < 4.78 is 8.40. The second-order valence-electron chi connectivity index (χ2n) is 8.89. The van der Waals surface area contributed by atoms with Gasteiger partial charge in [0, 0.05) is 58.6 Å². The Morgan fingerprint density at radius 1 is 1.11 bits per heavy atom. The molecule has 2 aliphatic heterocycles.